The van der Waals surface area contributed by atoms with Crippen LogP contribution in [0.15, 0.2) is 36.5 Å². The van der Waals surface area contributed by atoms with E-state index in [1.807, 2.05) is 37.1 Å². The topological polar surface area (TPSA) is 58.4 Å². The number of carbonyl (C=O) groups is 2. The normalized spacial score (nSPS) is 21.0. The number of benzene rings is 1. The molecule has 1 aromatic carbocycles. The monoisotopic (exact) mass is 408 g/mol. The van der Waals surface area contributed by atoms with Crippen molar-refractivity contribution in [3.8, 4) is 0 Å². The zero-order valence-corrected chi connectivity index (χ0v) is 18.1. The molecule has 2 aliphatic heterocycles. The van der Waals surface area contributed by atoms with E-state index in [9.17, 15) is 9.59 Å². The molecule has 0 radical (unpaired) electrons. The quantitative estimate of drug-likeness (QED) is 0.779. The van der Waals surface area contributed by atoms with Crippen molar-refractivity contribution in [3.63, 3.8) is 0 Å². The van der Waals surface area contributed by atoms with Crippen molar-refractivity contribution < 1.29 is 9.59 Å². The number of carbonyl (C=O) groups excluding carboxylic acids is 2. The number of hydrogen-bond acceptors (Lipinski definition) is 3. The predicted molar refractivity (Wildman–Crippen MR) is 116 cm³/mol. The molecule has 0 bridgehead atoms. The standard InChI is InChI=1S/C24H32N4O2/c1-18-22(17-26(2)25-18)24(30)27-14-11-20(12-15-27)21-10-6-7-13-28(23(21)29)16-19-8-4-3-5-9-19/h3-5,8-9,17,20-21H,6-7,10-16H2,1-2H3. The Morgan fingerprint density at radius 1 is 1.07 bits per heavy atom. The smallest absolute Gasteiger partial charge is 0.257 e. The molecule has 2 aliphatic rings. The van der Waals surface area contributed by atoms with Gasteiger partial charge in [-0.15, -0.1) is 0 Å². The summed E-state index contributed by atoms with van der Waals surface area (Å²) in [5.41, 5.74) is 2.66. The van der Waals surface area contributed by atoms with E-state index in [2.05, 4.69) is 22.1 Å². The van der Waals surface area contributed by atoms with Crippen molar-refractivity contribution in [2.24, 2.45) is 18.9 Å². The fourth-order valence-corrected chi connectivity index (χ4v) is 5.02. The van der Waals surface area contributed by atoms with Gasteiger partial charge in [-0.3, -0.25) is 14.3 Å². The summed E-state index contributed by atoms with van der Waals surface area (Å²) in [6.45, 7) is 4.88. The van der Waals surface area contributed by atoms with Crippen LogP contribution in [0.5, 0.6) is 0 Å². The lowest BCUT2D eigenvalue weighted by Gasteiger charge is -2.36. The number of rotatable bonds is 4. The van der Waals surface area contributed by atoms with Crippen LogP contribution in [-0.2, 0) is 18.4 Å². The lowest BCUT2D eigenvalue weighted by atomic mass is 9.81. The highest BCUT2D eigenvalue weighted by molar-refractivity contribution is 5.95. The van der Waals surface area contributed by atoms with Crippen molar-refractivity contribution in [1.82, 2.24) is 19.6 Å². The van der Waals surface area contributed by atoms with E-state index >= 15 is 0 Å². The Labute approximate surface area is 178 Å². The first kappa shape index (κ1) is 20.6. The third-order valence-corrected chi connectivity index (χ3v) is 6.68. The largest absolute Gasteiger partial charge is 0.339 e. The Hall–Kier alpha value is -2.63. The van der Waals surface area contributed by atoms with Gasteiger partial charge in [0.2, 0.25) is 5.91 Å². The third kappa shape index (κ3) is 4.42. The average molecular weight is 409 g/mol. The van der Waals surface area contributed by atoms with Gasteiger partial charge in [0.1, 0.15) is 0 Å². The third-order valence-electron chi connectivity index (χ3n) is 6.68. The van der Waals surface area contributed by atoms with Gasteiger partial charge in [0.15, 0.2) is 0 Å². The summed E-state index contributed by atoms with van der Waals surface area (Å²) in [4.78, 5) is 30.2. The Morgan fingerprint density at radius 2 is 1.80 bits per heavy atom. The van der Waals surface area contributed by atoms with E-state index in [4.69, 9.17) is 0 Å². The molecule has 0 aliphatic carbocycles. The second-order valence-corrected chi connectivity index (χ2v) is 8.78. The van der Waals surface area contributed by atoms with Crippen LogP contribution in [0.1, 0.15) is 53.7 Å². The van der Waals surface area contributed by atoms with Crippen molar-refractivity contribution in [2.75, 3.05) is 19.6 Å². The van der Waals surface area contributed by atoms with E-state index in [0.29, 0.717) is 23.9 Å². The first-order valence-corrected chi connectivity index (χ1v) is 11.1. The summed E-state index contributed by atoms with van der Waals surface area (Å²) in [5, 5.41) is 4.30. The Morgan fingerprint density at radius 3 is 2.47 bits per heavy atom. The van der Waals surface area contributed by atoms with E-state index in [1.54, 1.807) is 10.9 Å². The molecule has 0 spiro atoms. The summed E-state index contributed by atoms with van der Waals surface area (Å²) >= 11 is 0. The number of aromatic nitrogens is 2. The van der Waals surface area contributed by atoms with Gasteiger partial charge in [-0.2, -0.15) is 5.10 Å². The fraction of sp³-hybridized carbons (Fsp3) is 0.542. The van der Waals surface area contributed by atoms with E-state index in [0.717, 1.165) is 57.4 Å². The highest BCUT2D eigenvalue weighted by atomic mass is 16.2. The van der Waals surface area contributed by atoms with Crippen molar-refractivity contribution in [3.05, 3.63) is 53.3 Å². The Bertz CT molecular complexity index is 884. The molecule has 1 unspecified atom stereocenters. The van der Waals surface area contributed by atoms with Crippen molar-refractivity contribution in [2.45, 2.75) is 45.6 Å². The predicted octanol–water partition coefficient (Wildman–Crippen LogP) is 3.41. The van der Waals surface area contributed by atoms with Crippen LogP contribution in [-0.4, -0.2) is 51.0 Å². The molecule has 1 aromatic heterocycles. The summed E-state index contributed by atoms with van der Waals surface area (Å²) in [6, 6.07) is 10.3. The average Bonchev–Trinajstić information content (AvgIpc) is 3.00. The number of likely N-dealkylation sites (tertiary alicyclic amines) is 2. The second kappa shape index (κ2) is 9.02. The fourth-order valence-electron chi connectivity index (χ4n) is 5.02. The van der Waals surface area contributed by atoms with Gasteiger partial charge >= 0.3 is 0 Å². The SMILES string of the molecule is Cc1nn(C)cc1C(=O)N1CCC(C2CCCCN(Cc3ccccc3)C2=O)CC1. The van der Waals surface area contributed by atoms with Gasteiger partial charge in [-0.05, 0) is 44.1 Å². The van der Waals surface area contributed by atoms with Crippen LogP contribution >= 0.6 is 0 Å². The number of nitrogens with zero attached hydrogens (tertiary/aromatic N) is 4. The first-order chi connectivity index (χ1) is 14.5. The van der Waals surface area contributed by atoms with Crippen molar-refractivity contribution in [1.29, 1.82) is 0 Å². The lowest BCUT2D eigenvalue weighted by molar-refractivity contribution is -0.137. The molecular weight excluding hydrogens is 376 g/mol. The Kier molecular flexibility index (Phi) is 6.21. The van der Waals surface area contributed by atoms with Gasteiger partial charge in [0, 0.05) is 45.3 Å². The molecule has 6 nitrogen and oxygen atoms in total. The molecule has 4 rings (SSSR count). The minimum absolute atomic E-state index is 0.0666. The maximum Gasteiger partial charge on any atom is 0.257 e. The summed E-state index contributed by atoms with van der Waals surface area (Å²) in [7, 11) is 1.84. The first-order valence-electron chi connectivity index (χ1n) is 11.1. The summed E-state index contributed by atoms with van der Waals surface area (Å²) in [6.07, 6.45) is 6.77. The highest BCUT2D eigenvalue weighted by Gasteiger charge is 2.36. The van der Waals surface area contributed by atoms with Crippen LogP contribution in [0.25, 0.3) is 0 Å². The molecule has 160 valence electrons. The molecule has 3 heterocycles. The molecule has 30 heavy (non-hydrogen) atoms. The molecule has 2 amide bonds. The maximum absolute atomic E-state index is 13.4. The molecule has 6 heteroatoms. The second-order valence-electron chi connectivity index (χ2n) is 8.78. The number of hydrogen-bond donors (Lipinski definition) is 0. The van der Waals surface area contributed by atoms with E-state index in [1.165, 1.54) is 5.56 Å². The molecule has 2 saturated heterocycles. The summed E-state index contributed by atoms with van der Waals surface area (Å²) in [5.74, 6) is 0.836. The van der Waals surface area contributed by atoms with Crippen molar-refractivity contribution >= 4 is 11.8 Å². The van der Waals surface area contributed by atoms with Crippen LogP contribution < -0.4 is 0 Å². The zero-order valence-electron chi connectivity index (χ0n) is 18.1. The van der Waals surface area contributed by atoms with Gasteiger partial charge in [0.05, 0.1) is 11.3 Å². The zero-order chi connectivity index (χ0) is 21.1. The highest BCUT2D eigenvalue weighted by Crippen LogP contribution is 2.33. The number of aryl methyl sites for hydroxylation is 2. The van der Waals surface area contributed by atoms with E-state index in [-0.39, 0.29) is 11.8 Å². The molecule has 2 aromatic rings. The van der Waals surface area contributed by atoms with Gasteiger partial charge in [-0.25, -0.2) is 0 Å². The van der Waals surface area contributed by atoms with E-state index < -0.39 is 0 Å². The summed E-state index contributed by atoms with van der Waals surface area (Å²) < 4.78 is 1.70. The maximum atomic E-state index is 13.4. The van der Waals surface area contributed by atoms with Crippen LogP contribution in [0, 0.1) is 18.8 Å². The number of piperidine rings is 1. The molecular formula is C24H32N4O2. The van der Waals surface area contributed by atoms with Gasteiger partial charge in [-0.1, -0.05) is 36.8 Å². The molecule has 0 N–H and O–H groups in total. The minimum atomic E-state index is 0.0666. The minimum Gasteiger partial charge on any atom is -0.339 e. The number of amides is 2. The molecule has 1 atom stereocenters. The lowest BCUT2D eigenvalue weighted by Crippen LogP contribution is -2.44. The van der Waals surface area contributed by atoms with Gasteiger partial charge < -0.3 is 9.80 Å². The van der Waals surface area contributed by atoms with Gasteiger partial charge in [0.25, 0.3) is 5.91 Å². The molecule has 2 fully saturated rings. The molecule has 0 saturated carbocycles. The van der Waals surface area contributed by atoms with Crippen LogP contribution in [0.2, 0.25) is 0 Å². The Balaban J connectivity index is 1.38. The van der Waals surface area contributed by atoms with Crippen LogP contribution in [0.4, 0.5) is 0 Å². The van der Waals surface area contributed by atoms with Crippen LogP contribution in [0.3, 0.4) is 0 Å².